The summed E-state index contributed by atoms with van der Waals surface area (Å²) in [5.41, 5.74) is 2.22. The lowest BCUT2D eigenvalue weighted by atomic mass is 9.79. The number of benzene rings is 1. The number of allylic oxidation sites excluding steroid dienone is 2. The second-order valence-electron chi connectivity index (χ2n) is 6.54. The minimum atomic E-state index is -0.296. The highest BCUT2D eigenvalue weighted by Crippen LogP contribution is 2.45. The van der Waals surface area contributed by atoms with Gasteiger partial charge in [0.2, 0.25) is 5.91 Å². The van der Waals surface area contributed by atoms with Crippen LogP contribution in [0, 0.1) is 0 Å². The van der Waals surface area contributed by atoms with Crippen LogP contribution in [-0.2, 0) is 9.59 Å². The Kier molecular flexibility index (Phi) is 4.37. The summed E-state index contributed by atoms with van der Waals surface area (Å²) in [5, 5.41) is 0. The summed E-state index contributed by atoms with van der Waals surface area (Å²) in [4.78, 5) is 27.6. The fraction of sp³-hybridized carbons (Fsp3) is 0.333. The number of amides is 1. The molecule has 1 aliphatic heterocycles. The molecule has 4 rings (SSSR count). The molecular weight excluding hydrogens is 330 g/mol. The number of nitrogens with zero attached hydrogens (tertiary/aromatic N) is 1. The van der Waals surface area contributed by atoms with Gasteiger partial charge in [-0.15, -0.1) is 0 Å². The topological polar surface area (TPSA) is 59.8 Å². The Labute approximate surface area is 152 Å². The maximum absolute atomic E-state index is 13.1. The van der Waals surface area contributed by atoms with Crippen molar-refractivity contribution in [3.63, 3.8) is 0 Å². The van der Waals surface area contributed by atoms with Gasteiger partial charge in [-0.2, -0.15) is 0 Å². The lowest BCUT2D eigenvalue weighted by Crippen LogP contribution is -2.40. The van der Waals surface area contributed by atoms with Crippen LogP contribution in [0.25, 0.3) is 0 Å². The van der Waals surface area contributed by atoms with Gasteiger partial charge in [0.1, 0.15) is 11.5 Å². The standard InChI is InChI=1S/C21H21NO4/c1-2-25-19-10-4-3-7-15(19)22-16-8-5-9-17(23)21(16)14(13-20(22)24)18-11-6-12-26-18/h3-4,6-7,10-12,14H,2,5,8-9,13H2,1H3. The lowest BCUT2D eigenvalue weighted by Gasteiger charge is -2.38. The Balaban J connectivity index is 1.86. The van der Waals surface area contributed by atoms with Gasteiger partial charge >= 0.3 is 0 Å². The maximum Gasteiger partial charge on any atom is 0.232 e. The molecule has 0 N–H and O–H groups in total. The van der Waals surface area contributed by atoms with Crippen LogP contribution in [-0.4, -0.2) is 18.3 Å². The van der Waals surface area contributed by atoms with Gasteiger partial charge in [0.15, 0.2) is 5.78 Å². The predicted octanol–water partition coefficient (Wildman–Crippen LogP) is 4.21. The number of hydrogen-bond acceptors (Lipinski definition) is 4. The summed E-state index contributed by atoms with van der Waals surface area (Å²) in [6.45, 7) is 2.43. The van der Waals surface area contributed by atoms with E-state index in [1.54, 1.807) is 17.2 Å². The largest absolute Gasteiger partial charge is 0.492 e. The van der Waals surface area contributed by atoms with E-state index in [0.717, 1.165) is 17.7 Å². The molecule has 1 aromatic carbocycles. The van der Waals surface area contributed by atoms with Gasteiger partial charge in [-0.3, -0.25) is 14.5 Å². The molecule has 134 valence electrons. The zero-order valence-corrected chi connectivity index (χ0v) is 14.7. The molecule has 1 aliphatic carbocycles. The minimum absolute atomic E-state index is 0.0352. The van der Waals surface area contributed by atoms with Crippen LogP contribution in [0.15, 0.2) is 58.3 Å². The molecular formula is C21H21NO4. The molecule has 26 heavy (non-hydrogen) atoms. The highest BCUT2D eigenvalue weighted by molar-refractivity contribution is 6.07. The van der Waals surface area contributed by atoms with Gasteiger partial charge < -0.3 is 9.15 Å². The summed E-state index contributed by atoms with van der Waals surface area (Å²) in [6.07, 6.45) is 3.78. The first-order chi connectivity index (χ1) is 12.7. The molecule has 0 radical (unpaired) electrons. The Hall–Kier alpha value is -2.82. The first kappa shape index (κ1) is 16.6. The zero-order chi connectivity index (χ0) is 18.1. The fourth-order valence-corrected chi connectivity index (χ4v) is 3.92. The number of hydrogen-bond donors (Lipinski definition) is 0. The monoisotopic (exact) mass is 351 g/mol. The van der Waals surface area contributed by atoms with Crippen molar-refractivity contribution >= 4 is 17.4 Å². The van der Waals surface area contributed by atoms with E-state index in [0.29, 0.717) is 36.6 Å². The van der Waals surface area contributed by atoms with Crippen LogP contribution in [0.1, 0.15) is 44.3 Å². The van der Waals surface area contributed by atoms with Crippen molar-refractivity contribution in [3.05, 3.63) is 59.7 Å². The Bertz CT molecular complexity index is 866. The SMILES string of the molecule is CCOc1ccccc1N1C(=O)CC(c2ccco2)C2=C1CCCC2=O. The third-order valence-electron chi connectivity index (χ3n) is 4.97. The predicted molar refractivity (Wildman–Crippen MR) is 97.0 cm³/mol. The summed E-state index contributed by atoms with van der Waals surface area (Å²) in [6, 6.07) is 11.1. The van der Waals surface area contributed by atoms with Crippen LogP contribution >= 0.6 is 0 Å². The van der Waals surface area contributed by atoms with E-state index in [1.807, 2.05) is 37.3 Å². The number of ether oxygens (including phenoxy) is 1. The van der Waals surface area contributed by atoms with Crippen molar-refractivity contribution in [2.45, 2.75) is 38.5 Å². The van der Waals surface area contributed by atoms with Crippen LogP contribution in [0.2, 0.25) is 0 Å². The Morgan fingerprint density at radius 2 is 2.00 bits per heavy atom. The first-order valence-electron chi connectivity index (χ1n) is 9.05. The van der Waals surface area contributed by atoms with Crippen molar-refractivity contribution < 1.29 is 18.7 Å². The van der Waals surface area contributed by atoms with E-state index in [4.69, 9.17) is 9.15 Å². The lowest BCUT2D eigenvalue weighted by molar-refractivity contribution is -0.120. The van der Waals surface area contributed by atoms with Gasteiger partial charge in [0.25, 0.3) is 0 Å². The Morgan fingerprint density at radius 1 is 1.15 bits per heavy atom. The number of ketones is 1. The number of anilines is 1. The van der Waals surface area contributed by atoms with Gasteiger partial charge in [0.05, 0.1) is 24.5 Å². The first-order valence-corrected chi connectivity index (χ1v) is 9.05. The normalized spacial score (nSPS) is 20.3. The highest BCUT2D eigenvalue weighted by atomic mass is 16.5. The third kappa shape index (κ3) is 2.73. The van der Waals surface area contributed by atoms with Crippen molar-refractivity contribution in [2.75, 3.05) is 11.5 Å². The number of Topliss-reactive ketones (excluding diaryl/α,β-unsaturated/α-hetero) is 1. The maximum atomic E-state index is 13.1. The van der Waals surface area contributed by atoms with Crippen molar-refractivity contribution in [3.8, 4) is 5.75 Å². The summed E-state index contributed by atoms with van der Waals surface area (Å²) >= 11 is 0. The van der Waals surface area contributed by atoms with Crippen molar-refractivity contribution in [1.82, 2.24) is 0 Å². The number of furan rings is 1. The molecule has 2 heterocycles. The van der Waals surface area contributed by atoms with Gasteiger partial charge in [-0.25, -0.2) is 0 Å². The molecule has 2 aliphatic rings. The molecule has 1 unspecified atom stereocenters. The van der Waals surface area contributed by atoms with E-state index in [1.165, 1.54) is 0 Å². The minimum Gasteiger partial charge on any atom is -0.492 e. The molecule has 0 saturated heterocycles. The molecule has 0 saturated carbocycles. The molecule has 0 bridgehead atoms. The molecule has 0 spiro atoms. The van der Waals surface area contributed by atoms with E-state index in [-0.39, 0.29) is 24.0 Å². The van der Waals surface area contributed by atoms with Crippen LogP contribution in [0.5, 0.6) is 5.75 Å². The molecule has 2 aromatic rings. The van der Waals surface area contributed by atoms with Gasteiger partial charge in [-0.1, -0.05) is 12.1 Å². The zero-order valence-electron chi connectivity index (χ0n) is 14.7. The second kappa shape index (κ2) is 6.83. The smallest absolute Gasteiger partial charge is 0.232 e. The molecule has 5 heteroatoms. The molecule has 1 aromatic heterocycles. The van der Waals surface area contributed by atoms with Crippen LogP contribution in [0.4, 0.5) is 5.69 Å². The van der Waals surface area contributed by atoms with Crippen molar-refractivity contribution in [2.24, 2.45) is 0 Å². The number of carbonyl (C=O) groups excluding carboxylic acids is 2. The average molecular weight is 351 g/mol. The molecule has 1 amide bonds. The number of rotatable bonds is 4. The highest BCUT2D eigenvalue weighted by Gasteiger charge is 2.41. The number of carbonyl (C=O) groups is 2. The molecule has 0 fully saturated rings. The molecule has 1 atom stereocenters. The quantitative estimate of drug-likeness (QED) is 0.828. The third-order valence-corrected chi connectivity index (χ3v) is 4.97. The van der Waals surface area contributed by atoms with E-state index < -0.39 is 0 Å². The van der Waals surface area contributed by atoms with E-state index in [9.17, 15) is 9.59 Å². The molecule has 5 nitrogen and oxygen atoms in total. The summed E-state index contributed by atoms with van der Waals surface area (Å²) < 4.78 is 11.3. The van der Waals surface area contributed by atoms with Crippen LogP contribution < -0.4 is 9.64 Å². The number of para-hydroxylation sites is 2. The van der Waals surface area contributed by atoms with Crippen LogP contribution in [0.3, 0.4) is 0 Å². The van der Waals surface area contributed by atoms with E-state index >= 15 is 0 Å². The average Bonchev–Trinajstić information content (AvgIpc) is 3.17. The van der Waals surface area contributed by atoms with Gasteiger partial charge in [0, 0.05) is 24.1 Å². The summed E-state index contributed by atoms with van der Waals surface area (Å²) in [5.74, 6) is 1.12. The van der Waals surface area contributed by atoms with E-state index in [2.05, 4.69) is 0 Å². The Morgan fingerprint density at radius 3 is 2.77 bits per heavy atom. The fourth-order valence-electron chi connectivity index (χ4n) is 3.92. The summed E-state index contributed by atoms with van der Waals surface area (Å²) in [7, 11) is 0. The van der Waals surface area contributed by atoms with Gasteiger partial charge in [-0.05, 0) is 44.0 Å². The van der Waals surface area contributed by atoms with Crippen molar-refractivity contribution in [1.29, 1.82) is 0 Å². The second-order valence-corrected chi connectivity index (χ2v) is 6.54.